The maximum absolute atomic E-state index is 12.4. The topological polar surface area (TPSA) is 59.1 Å². The third-order valence-electron chi connectivity index (χ3n) is 2.92. The van der Waals surface area contributed by atoms with E-state index in [1.807, 2.05) is 0 Å². The van der Waals surface area contributed by atoms with E-state index in [4.69, 9.17) is 9.47 Å². The molecule has 1 rings (SSSR count). The van der Waals surface area contributed by atoms with Crippen LogP contribution in [0.3, 0.4) is 0 Å². The Balaban J connectivity index is 2.98. The van der Waals surface area contributed by atoms with Crippen LogP contribution in [0.25, 0.3) is 0 Å². The normalized spacial score (nSPS) is 15.1. The van der Waals surface area contributed by atoms with Crippen LogP contribution >= 0.6 is 22.6 Å². The van der Waals surface area contributed by atoms with E-state index in [-0.39, 0.29) is 12.2 Å². The Morgan fingerprint density at radius 1 is 1.14 bits per heavy atom. The summed E-state index contributed by atoms with van der Waals surface area (Å²) in [5, 5.41) is 2.65. The zero-order valence-corrected chi connectivity index (χ0v) is 16.0. The number of hydrogen-bond acceptors (Lipinski definition) is 4. The Hall–Kier alpha value is -0.990. The number of rotatable bonds is 5. The lowest BCUT2D eigenvalue weighted by Gasteiger charge is -2.30. The van der Waals surface area contributed by atoms with Gasteiger partial charge in [-0.25, -0.2) is 14.6 Å². The third-order valence-corrected chi connectivity index (χ3v) is 3.89. The molecule has 0 spiro atoms. The minimum atomic E-state index is -0.534. The Labute approximate surface area is 145 Å². The maximum Gasteiger partial charge on any atom is 0.433 e. The molecule has 6 nitrogen and oxygen atoms in total. The summed E-state index contributed by atoms with van der Waals surface area (Å²) >= 11 is 2.18. The van der Waals surface area contributed by atoms with Crippen LogP contribution in [-0.4, -0.2) is 41.0 Å². The molecule has 126 valence electrons. The Morgan fingerprint density at radius 2 is 1.68 bits per heavy atom. The first-order valence-electron chi connectivity index (χ1n) is 7.64. The van der Waals surface area contributed by atoms with E-state index in [0.29, 0.717) is 6.54 Å². The van der Waals surface area contributed by atoms with Gasteiger partial charge in [0, 0.05) is 3.58 Å². The van der Waals surface area contributed by atoms with E-state index in [2.05, 4.69) is 29.5 Å². The molecule has 0 radical (unpaired) electrons. The minimum absolute atomic E-state index is 0.243. The van der Waals surface area contributed by atoms with Crippen molar-refractivity contribution in [2.24, 2.45) is 0 Å². The number of nitrogens with zero attached hydrogens (tertiary/aromatic N) is 2. The highest BCUT2D eigenvalue weighted by Gasteiger charge is 2.39. The molecule has 0 atom stereocenters. The number of allylic oxidation sites excluding steroid dienone is 1. The number of carbonyl (C=O) groups is 2. The molecule has 0 aromatic heterocycles. The van der Waals surface area contributed by atoms with Crippen molar-refractivity contribution in [1.29, 1.82) is 0 Å². The fourth-order valence-electron chi connectivity index (χ4n) is 2.01. The van der Waals surface area contributed by atoms with Gasteiger partial charge in [0.2, 0.25) is 0 Å². The van der Waals surface area contributed by atoms with Crippen molar-refractivity contribution in [1.82, 2.24) is 10.0 Å². The molecule has 0 aromatic carbocycles. The van der Waals surface area contributed by atoms with Crippen LogP contribution in [0.2, 0.25) is 0 Å². The second kappa shape index (κ2) is 8.59. The second-order valence-corrected chi connectivity index (χ2v) is 6.99. The van der Waals surface area contributed by atoms with Gasteiger partial charge in [-0.15, -0.1) is 0 Å². The summed E-state index contributed by atoms with van der Waals surface area (Å²) in [5.41, 5.74) is 0.828. The molecule has 0 saturated heterocycles. The monoisotopic (exact) mass is 424 g/mol. The van der Waals surface area contributed by atoms with Crippen molar-refractivity contribution in [2.45, 2.75) is 66.1 Å². The van der Waals surface area contributed by atoms with E-state index in [9.17, 15) is 9.59 Å². The molecule has 0 unspecified atom stereocenters. The summed E-state index contributed by atoms with van der Waals surface area (Å²) in [7, 11) is 0. The number of hydrazine groups is 1. The summed E-state index contributed by atoms with van der Waals surface area (Å²) in [5.74, 6) is 0. The van der Waals surface area contributed by atoms with Crippen LogP contribution < -0.4 is 0 Å². The van der Waals surface area contributed by atoms with Gasteiger partial charge in [-0.1, -0.05) is 13.3 Å². The largest absolute Gasteiger partial charge is 0.445 e. The van der Waals surface area contributed by atoms with Gasteiger partial charge in [0.15, 0.2) is 0 Å². The lowest BCUT2D eigenvalue weighted by atomic mass is 10.2. The van der Waals surface area contributed by atoms with Crippen LogP contribution in [0.5, 0.6) is 0 Å². The summed E-state index contributed by atoms with van der Waals surface area (Å²) in [6, 6.07) is 0. The number of amides is 2. The van der Waals surface area contributed by atoms with Crippen molar-refractivity contribution in [3.63, 3.8) is 0 Å². The molecular formula is C15H25IN2O4. The van der Waals surface area contributed by atoms with Gasteiger partial charge in [0.25, 0.3) is 0 Å². The van der Waals surface area contributed by atoms with E-state index in [1.54, 1.807) is 27.7 Å². The van der Waals surface area contributed by atoms with Crippen molar-refractivity contribution in [2.75, 3.05) is 6.54 Å². The highest BCUT2D eigenvalue weighted by molar-refractivity contribution is 14.1. The first-order valence-corrected chi connectivity index (χ1v) is 8.72. The van der Waals surface area contributed by atoms with E-state index in [0.717, 1.165) is 28.5 Å². The van der Waals surface area contributed by atoms with Gasteiger partial charge in [-0.3, -0.25) is 0 Å². The van der Waals surface area contributed by atoms with Crippen LogP contribution in [0.1, 0.15) is 53.9 Å². The molecular weight excluding hydrogens is 399 g/mol. The average molecular weight is 424 g/mol. The standard InChI is InChI=1S/C15H25IN2O4/c1-6-7-8-13-12(16)9-17(14(19)21-10(2)3)18(13)15(20)22-11(4)5/h10-11H,6-9H2,1-5H3. The molecule has 1 heterocycles. The Bertz CT molecular complexity index is 449. The molecule has 0 aromatic rings. The second-order valence-electron chi connectivity index (χ2n) is 5.69. The zero-order chi connectivity index (χ0) is 16.9. The fraction of sp³-hybridized carbons (Fsp3) is 0.733. The summed E-state index contributed by atoms with van der Waals surface area (Å²) in [4.78, 5) is 24.6. The van der Waals surface area contributed by atoms with Crippen LogP contribution in [0.15, 0.2) is 9.28 Å². The van der Waals surface area contributed by atoms with E-state index >= 15 is 0 Å². The SMILES string of the molecule is CCCCC1=C(I)CN(C(=O)OC(C)C)N1C(=O)OC(C)C. The lowest BCUT2D eigenvalue weighted by Crippen LogP contribution is -2.47. The number of unbranched alkanes of at least 4 members (excludes halogenated alkanes) is 1. The first-order chi connectivity index (χ1) is 10.3. The smallest absolute Gasteiger partial charge is 0.433 e. The van der Waals surface area contributed by atoms with E-state index in [1.165, 1.54) is 10.0 Å². The zero-order valence-electron chi connectivity index (χ0n) is 13.9. The summed E-state index contributed by atoms with van der Waals surface area (Å²) < 4.78 is 11.5. The molecule has 0 fully saturated rings. The van der Waals surface area contributed by atoms with Crippen molar-refractivity contribution < 1.29 is 19.1 Å². The van der Waals surface area contributed by atoms with Gasteiger partial charge in [-0.2, -0.15) is 5.01 Å². The first kappa shape index (κ1) is 19.1. The number of hydrogen-bond donors (Lipinski definition) is 0. The number of halogens is 1. The van der Waals surface area contributed by atoms with Gasteiger partial charge in [0.1, 0.15) is 0 Å². The molecule has 0 saturated carbocycles. The van der Waals surface area contributed by atoms with Gasteiger partial charge < -0.3 is 9.47 Å². The Kier molecular flexibility index (Phi) is 7.44. The molecule has 7 heteroatoms. The van der Waals surface area contributed by atoms with Crippen LogP contribution in [0, 0.1) is 0 Å². The highest BCUT2D eigenvalue weighted by Crippen LogP contribution is 2.32. The molecule has 2 amide bonds. The minimum Gasteiger partial charge on any atom is -0.445 e. The number of carbonyl (C=O) groups excluding carboxylic acids is 2. The van der Waals surface area contributed by atoms with E-state index < -0.39 is 12.2 Å². The van der Waals surface area contributed by atoms with Crippen molar-refractivity contribution in [3.8, 4) is 0 Å². The summed E-state index contributed by atoms with van der Waals surface area (Å²) in [6.45, 7) is 9.56. The predicted octanol–water partition coefficient (Wildman–Crippen LogP) is 4.45. The summed E-state index contributed by atoms with van der Waals surface area (Å²) in [6.07, 6.45) is 1.13. The predicted molar refractivity (Wildman–Crippen MR) is 92.4 cm³/mol. The highest BCUT2D eigenvalue weighted by atomic mass is 127. The third kappa shape index (κ3) is 5.03. The molecule has 0 aliphatic carbocycles. The Morgan fingerprint density at radius 3 is 2.18 bits per heavy atom. The van der Waals surface area contributed by atoms with Crippen LogP contribution in [0.4, 0.5) is 9.59 Å². The average Bonchev–Trinajstić information content (AvgIpc) is 2.72. The quantitative estimate of drug-likeness (QED) is 0.613. The van der Waals surface area contributed by atoms with Crippen molar-refractivity contribution >= 4 is 34.8 Å². The van der Waals surface area contributed by atoms with Gasteiger partial charge in [0.05, 0.1) is 24.4 Å². The fourth-order valence-corrected chi connectivity index (χ4v) is 2.83. The molecule has 0 N–H and O–H groups in total. The molecule has 1 aliphatic rings. The van der Waals surface area contributed by atoms with Gasteiger partial charge >= 0.3 is 12.2 Å². The molecule has 1 aliphatic heterocycles. The molecule has 22 heavy (non-hydrogen) atoms. The molecule has 0 bridgehead atoms. The van der Waals surface area contributed by atoms with Crippen LogP contribution in [-0.2, 0) is 9.47 Å². The lowest BCUT2D eigenvalue weighted by molar-refractivity contribution is -0.00603. The van der Waals surface area contributed by atoms with Crippen molar-refractivity contribution in [3.05, 3.63) is 9.28 Å². The number of ether oxygens (including phenoxy) is 2. The maximum atomic E-state index is 12.4. The van der Waals surface area contributed by atoms with Gasteiger partial charge in [-0.05, 0) is 63.1 Å².